The van der Waals surface area contributed by atoms with E-state index in [4.69, 9.17) is 23.2 Å². The second-order valence-corrected chi connectivity index (χ2v) is 7.96. The largest absolute Gasteiger partial charge is 0.354 e. The molecule has 1 aromatic heterocycles. The van der Waals surface area contributed by atoms with Crippen molar-refractivity contribution in [1.29, 1.82) is 0 Å². The van der Waals surface area contributed by atoms with Crippen molar-refractivity contribution >= 4 is 35.0 Å². The highest BCUT2D eigenvalue weighted by Gasteiger charge is 2.25. The smallest absolute Gasteiger partial charge is 0.253 e. The van der Waals surface area contributed by atoms with E-state index in [9.17, 15) is 9.59 Å². The van der Waals surface area contributed by atoms with Gasteiger partial charge in [-0.2, -0.15) is 5.10 Å². The van der Waals surface area contributed by atoms with Gasteiger partial charge in [-0.15, -0.1) is 0 Å². The standard InChI is InChI=1S/C20H26Cl2N4O2/c1-12(2)18(24-19(27)16-7-6-15(21)11-17(16)22)20(28)23-8-5-9-26-14(4)10-13(3)25-26/h6-7,10-12,18H,5,8-9H2,1-4H3,(H,23,28)(H,24,27)/t18-/m1/s1. The van der Waals surface area contributed by atoms with Crippen LogP contribution in [0.15, 0.2) is 24.3 Å². The highest BCUT2D eigenvalue weighted by atomic mass is 35.5. The summed E-state index contributed by atoms with van der Waals surface area (Å²) in [5.41, 5.74) is 2.36. The first-order valence-electron chi connectivity index (χ1n) is 9.23. The molecule has 6 nitrogen and oxygen atoms in total. The number of benzene rings is 1. The van der Waals surface area contributed by atoms with Gasteiger partial charge in [0, 0.05) is 23.8 Å². The Kier molecular flexibility index (Phi) is 7.89. The highest BCUT2D eigenvalue weighted by molar-refractivity contribution is 6.36. The van der Waals surface area contributed by atoms with Crippen LogP contribution in [0.2, 0.25) is 10.0 Å². The van der Waals surface area contributed by atoms with Gasteiger partial charge in [0.15, 0.2) is 0 Å². The number of aryl methyl sites for hydroxylation is 3. The molecule has 0 fully saturated rings. The predicted molar refractivity (Wildman–Crippen MR) is 112 cm³/mol. The summed E-state index contributed by atoms with van der Waals surface area (Å²) in [6.07, 6.45) is 0.746. The van der Waals surface area contributed by atoms with E-state index in [1.54, 1.807) is 12.1 Å². The van der Waals surface area contributed by atoms with E-state index in [1.165, 1.54) is 6.07 Å². The van der Waals surface area contributed by atoms with Crippen molar-refractivity contribution in [3.05, 3.63) is 51.3 Å². The Bertz CT molecular complexity index is 849. The summed E-state index contributed by atoms with van der Waals surface area (Å²) in [5.74, 6) is -0.703. The van der Waals surface area contributed by atoms with Gasteiger partial charge in [0.1, 0.15) is 6.04 Å². The Balaban J connectivity index is 1.90. The first-order chi connectivity index (χ1) is 13.2. The van der Waals surface area contributed by atoms with Gasteiger partial charge in [-0.3, -0.25) is 14.3 Å². The molecule has 8 heteroatoms. The van der Waals surface area contributed by atoms with Crippen LogP contribution in [0.3, 0.4) is 0 Å². The number of amides is 2. The van der Waals surface area contributed by atoms with Crippen LogP contribution in [0.5, 0.6) is 0 Å². The average molecular weight is 425 g/mol. The normalized spacial score (nSPS) is 12.1. The summed E-state index contributed by atoms with van der Waals surface area (Å²) in [4.78, 5) is 25.1. The van der Waals surface area contributed by atoms with E-state index < -0.39 is 11.9 Å². The number of hydrogen-bond acceptors (Lipinski definition) is 3. The van der Waals surface area contributed by atoms with Gasteiger partial charge in [-0.05, 0) is 50.5 Å². The molecule has 2 N–H and O–H groups in total. The molecule has 0 saturated heterocycles. The van der Waals surface area contributed by atoms with E-state index >= 15 is 0 Å². The van der Waals surface area contributed by atoms with E-state index in [0.29, 0.717) is 11.6 Å². The topological polar surface area (TPSA) is 76.0 Å². The van der Waals surface area contributed by atoms with E-state index in [0.717, 1.165) is 24.4 Å². The fourth-order valence-corrected chi connectivity index (χ4v) is 3.37. The van der Waals surface area contributed by atoms with Gasteiger partial charge in [0.25, 0.3) is 5.91 Å². The first kappa shape index (κ1) is 22.2. The molecule has 0 unspecified atom stereocenters. The lowest BCUT2D eigenvalue weighted by molar-refractivity contribution is -0.123. The fourth-order valence-electron chi connectivity index (χ4n) is 2.88. The van der Waals surface area contributed by atoms with Crippen molar-refractivity contribution in [2.24, 2.45) is 5.92 Å². The summed E-state index contributed by atoms with van der Waals surface area (Å²) in [6.45, 7) is 8.93. The SMILES string of the molecule is Cc1cc(C)n(CCCNC(=O)[C@H](NC(=O)c2ccc(Cl)cc2Cl)C(C)C)n1. The van der Waals surface area contributed by atoms with E-state index in [1.807, 2.05) is 38.4 Å². The average Bonchev–Trinajstić information content (AvgIpc) is 2.93. The summed E-state index contributed by atoms with van der Waals surface area (Å²) >= 11 is 12.0. The van der Waals surface area contributed by atoms with Gasteiger partial charge in [-0.25, -0.2) is 0 Å². The summed E-state index contributed by atoms with van der Waals surface area (Å²) in [5, 5.41) is 10.8. The number of rotatable bonds is 8. The molecule has 0 spiro atoms. The van der Waals surface area contributed by atoms with Crippen LogP contribution in [0.1, 0.15) is 42.0 Å². The summed E-state index contributed by atoms with van der Waals surface area (Å²) in [7, 11) is 0. The molecule has 1 atom stereocenters. The van der Waals surface area contributed by atoms with Gasteiger partial charge in [0.2, 0.25) is 5.91 Å². The number of carbonyl (C=O) groups is 2. The van der Waals surface area contributed by atoms with Gasteiger partial charge >= 0.3 is 0 Å². The lowest BCUT2D eigenvalue weighted by atomic mass is 10.0. The van der Waals surface area contributed by atoms with Gasteiger partial charge in [-0.1, -0.05) is 37.0 Å². The maximum Gasteiger partial charge on any atom is 0.253 e. The maximum atomic E-state index is 12.6. The lowest BCUT2D eigenvalue weighted by Gasteiger charge is -2.22. The Morgan fingerprint density at radius 2 is 1.89 bits per heavy atom. The summed E-state index contributed by atoms with van der Waals surface area (Å²) in [6, 6.07) is 6.00. The molecule has 28 heavy (non-hydrogen) atoms. The highest BCUT2D eigenvalue weighted by Crippen LogP contribution is 2.21. The molecular formula is C20H26Cl2N4O2. The van der Waals surface area contributed by atoms with Crippen molar-refractivity contribution in [1.82, 2.24) is 20.4 Å². The molecular weight excluding hydrogens is 399 g/mol. The van der Waals surface area contributed by atoms with Crippen LogP contribution in [0.25, 0.3) is 0 Å². The molecule has 2 aromatic rings. The molecule has 0 radical (unpaired) electrons. The zero-order chi connectivity index (χ0) is 20.8. The monoisotopic (exact) mass is 424 g/mol. The molecule has 1 aromatic carbocycles. The van der Waals surface area contributed by atoms with Crippen LogP contribution in [0.4, 0.5) is 0 Å². The van der Waals surface area contributed by atoms with Crippen molar-refractivity contribution in [2.75, 3.05) is 6.54 Å². The van der Waals surface area contributed by atoms with Crippen LogP contribution in [-0.2, 0) is 11.3 Å². The molecule has 152 valence electrons. The van der Waals surface area contributed by atoms with Gasteiger partial charge < -0.3 is 10.6 Å². The van der Waals surface area contributed by atoms with Crippen molar-refractivity contribution in [3.63, 3.8) is 0 Å². The van der Waals surface area contributed by atoms with Crippen LogP contribution in [0, 0.1) is 19.8 Å². The molecule has 0 aliphatic rings. The Labute approximate surface area is 175 Å². The molecule has 0 aliphatic carbocycles. The third-order valence-corrected chi connectivity index (χ3v) is 4.91. The van der Waals surface area contributed by atoms with E-state index in [2.05, 4.69) is 15.7 Å². The Morgan fingerprint density at radius 3 is 2.46 bits per heavy atom. The van der Waals surface area contributed by atoms with Gasteiger partial charge in [0.05, 0.1) is 16.3 Å². The van der Waals surface area contributed by atoms with Crippen LogP contribution < -0.4 is 10.6 Å². The third-order valence-electron chi connectivity index (χ3n) is 4.36. The number of aromatic nitrogens is 2. The third kappa shape index (κ3) is 5.97. The van der Waals surface area contributed by atoms with Crippen LogP contribution >= 0.6 is 23.2 Å². The molecule has 0 bridgehead atoms. The number of carbonyl (C=O) groups excluding carboxylic acids is 2. The lowest BCUT2D eigenvalue weighted by Crippen LogP contribution is -2.50. The molecule has 2 rings (SSSR count). The summed E-state index contributed by atoms with van der Waals surface area (Å²) < 4.78 is 1.92. The zero-order valence-electron chi connectivity index (χ0n) is 16.6. The number of nitrogens with zero attached hydrogens (tertiary/aromatic N) is 2. The Hall–Kier alpha value is -2.05. The van der Waals surface area contributed by atoms with Crippen molar-refractivity contribution < 1.29 is 9.59 Å². The Morgan fingerprint density at radius 1 is 1.18 bits per heavy atom. The number of hydrogen-bond donors (Lipinski definition) is 2. The fraction of sp³-hybridized carbons (Fsp3) is 0.450. The minimum Gasteiger partial charge on any atom is -0.354 e. The van der Waals surface area contributed by atoms with Crippen molar-refractivity contribution in [2.45, 2.75) is 46.7 Å². The first-order valence-corrected chi connectivity index (χ1v) is 9.99. The van der Waals surface area contributed by atoms with E-state index in [-0.39, 0.29) is 22.4 Å². The quantitative estimate of drug-likeness (QED) is 0.633. The molecule has 0 aliphatic heterocycles. The number of nitrogens with one attached hydrogen (secondary N) is 2. The second kappa shape index (κ2) is 9.94. The molecule has 1 heterocycles. The zero-order valence-corrected chi connectivity index (χ0v) is 18.1. The van der Waals surface area contributed by atoms with Crippen molar-refractivity contribution in [3.8, 4) is 0 Å². The maximum absolute atomic E-state index is 12.6. The molecule has 2 amide bonds. The second-order valence-electron chi connectivity index (χ2n) is 7.11. The predicted octanol–water partition coefficient (Wildman–Crippen LogP) is 3.77. The minimum atomic E-state index is -0.659. The molecule has 0 saturated carbocycles. The minimum absolute atomic E-state index is 0.0777. The van der Waals surface area contributed by atoms with Crippen LogP contribution in [-0.4, -0.2) is 34.2 Å². The number of halogens is 2.